The lowest BCUT2D eigenvalue weighted by Crippen LogP contribution is -2.05. The van der Waals surface area contributed by atoms with Gasteiger partial charge in [-0.15, -0.1) is 0 Å². The van der Waals surface area contributed by atoms with Crippen molar-refractivity contribution in [1.82, 2.24) is 0 Å². The maximum atomic E-state index is 11.5. The molecule has 0 aliphatic carbocycles. The normalized spacial score (nSPS) is 9.80. The van der Waals surface area contributed by atoms with Crippen LogP contribution in [-0.2, 0) is 0 Å². The lowest BCUT2D eigenvalue weighted by atomic mass is 10.1. The van der Waals surface area contributed by atoms with Crippen LogP contribution in [0.1, 0.15) is 20.7 Å². The van der Waals surface area contributed by atoms with E-state index in [1.807, 2.05) is 22.6 Å². The number of carbonyl (C=O) groups is 2. The molecule has 0 heterocycles. The van der Waals surface area contributed by atoms with E-state index in [0.29, 0.717) is 23.2 Å². The molecule has 0 atom stereocenters. The van der Waals surface area contributed by atoms with Crippen LogP contribution in [0.25, 0.3) is 0 Å². The van der Waals surface area contributed by atoms with Crippen molar-refractivity contribution in [3.05, 3.63) is 26.8 Å². The molecule has 80 valence electrons. The Balaban J connectivity index is 3.36. The fourth-order valence-electron chi connectivity index (χ4n) is 1.11. The number of rotatable bonds is 4. The quantitative estimate of drug-likeness (QED) is 0.348. The lowest BCUT2D eigenvalue weighted by Gasteiger charge is -2.08. The molecule has 15 heavy (non-hydrogen) atoms. The molecule has 5 heteroatoms. The third-order valence-corrected chi connectivity index (χ3v) is 3.46. The van der Waals surface area contributed by atoms with Gasteiger partial charge in [-0.2, -0.15) is 0 Å². The molecule has 0 saturated carbocycles. The third-order valence-electron chi connectivity index (χ3n) is 1.84. The molecule has 1 rings (SSSR count). The minimum absolute atomic E-state index is 0.0681. The highest BCUT2D eigenvalue weighted by molar-refractivity contribution is 14.1. The van der Waals surface area contributed by atoms with Gasteiger partial charge in [0.1, 0.15) is 12.0 Å². The minimum Gasteiger partial charge on any atom is -0.496 e. The molecule has 0 spiro atoms. The highest BCUT2D eigenvalue weighted by Crippen LogP contribution is 2.26. The summed E-state index contributed by atoms with van der Waals surface area (Å²) in [6, 6.07) is 3.18. The highest BCUT2D eigenvalue weighted by atomic mass is 127. The zero-order chi connectivity index (χ0) is 11.4. The topological polar surface area (TPSA) is 43.4 Å². The largest absolute Gasteiger partial charge is 0.496 e. The highest BCUT2D eigenvalue weighted by Gasteiger charge is 2.14. The van der Waals surface area contributed by atoms with E-state index in [-0.39, 0.29) is 11.1 Å². The first-order valence-corrected chi connectivity index (χ1v) is 6.26. The molecule has 0 fully saturated rings. The van der Waals surface area contributed by atoms with E-state index in [4.69, 9.17) is 4.74 Å². The van der Waals surface area contributed by atoms with E-state index in [0.717, 1.165) is 3.57 Å². The van der Waals surface area contributed by atoms with E-state index in [1.54, 1.807) is 12.1 Å². The van der Waals surface area contributed by atoms with Crippen LogP contribution < -0.4 is 4.74 Å². The number of hydrogen-bond donors (Lipinski definition) is 0. The molecule has 0 unspecified atom stereocenters. The Bertz CT molecular complexity index is 404. The molecule has 0 amide bonds. The minimum atomic E-state index is -0.0681. The van der Waals surface area contributed by atoms with Crippen molar-refractivity contribution in [2.45, 2.75) is 0 Å². The summed E-state index contributed by atoms with van der Waals surface area (Å²) in [6.07, 6.45) is 0.698. The van der Waals surface area contributed by atoms with Crippen LogP contribution in [0.2, 0.25) is 0 Å². The van der Waals surface area contributed by atoms with Gasteiger partial charge in [-0.05, 0) is 34.7 Å². The number of hydrogen-bond acceptors (Lipinski definition) is 3. The molecule has 1 aromatic carbocycles. The Labute approximate surface area is 109 Å². The van der Waals surface area contributed by atoms with Gasteiger partial charge in [0.2, 0.25) is 0 Å². The molecule has 0 aliphatic rings. The van der Waals surface area contributed by atoms with Gasteiger partial charge in [-0.25, -0.2) is 0 Å². The Morgan fingerprint density at radius 2 is 2.27 bits per heavy atom. The van der Waals surface area contributed by atoms with Crippen LogP contribution in [0, 0.1) is 3.57 Å². The molecule has 0 aromatic heterocycles. The zero-order valence-corrected chi connectivity index (χ0v) is 11.7. The zero-order valence-electron chi connectivity index (χ0n) is 7.92. The summed E-state index contributed by atoms with van der Waals surface area (Å²) in [5.41, 5.74) is 0.950. The number of carbonyl (C=O) groups excluding carboxylic acids is 2. The first-order chi connectivity index (χ1) is 7.13. The van der Waals surface area contributed by atoms with Crippen LogP contribution >= 0.6 is 38.5 Å². The number of Topliss-reactive ketones (excluding diaryl/α,β-unsaturated/α-hetero) is 1. The van der Waals surface area contributed by atoms with Gasteiger partial charge in [-0.1, -0.05) is 15.9 Å². The fourth-order valence-corrected chi connectivity index (χ4v) is 2.25. The lowest BCUT2D eigenvalue weighted by molar-refractivity contribution is 0.102. The SMILES string of the molecule is COc1cc(C=O)cc(C(=O)CBr)c1I. The molecular weight excluding hydrogens is 375 g/mol. The molecule has 0 radical (unpaired) electrons. The Morgan fingerprint density at radius 1 is 1.60 bits per heavy atom. The second-order valence-electron chi connectivity index (χ2n) is 2.76. The maximum absolute atomic E-state index is 11.5. The number of halogens is 2. The van der Waals surface area contributed by atoms with Gasteiger partial charge in [0.05, 0.1) is 16.0 Å². The van der Waals surface area contributed by atoms with Crippen molar-refractivity contribution in [3.8, 4) is 5.75 Å². The molecule has 3 nitrogen and oxygen atoms in total. The number of ether oxygens (including phenoxy) is 1. The molecule has 0 saturated heterocycles. The van der Waals surface area contributed by atoms with Crippen LogP contribution in [0.15, 0.2) is 12.1 Å². The summed E-state index contributed by atoms with van der Waals surface area (Å²) in [7, 11) is 1.51. The average molecular weight is 383 g/mol. The Hall–Kier alpha value is -0.430. The van der Waals surface area contributed by atoms with Gasteiger partial charge >= 0.3 is 0 Å². The van der Waals surface area contributed by atoms with Crippen LogP contribution in [0.4, 0.5) is 0 Å². The predicted octanol–water partition coefficient (Wildman–Crippen LogP) is 2.69. The summed E-state index contributed by atoms with van der Waals surface area (Å²) in [4.78, 5) is 22.2. The summed E-state index contributed by atoms with van der Waals surface area (Å²) < 4.78 is 5.82. The Morgan fingerprint density at radius 3 is 2.73 bits per heavy atom. The molecule has 0 bridgehead atoms. The van der Waals surface area contributed by atoms with Crippen LogP contribution in [-0.4, -0.2) is 24.5 Å². The Kier molecular flexibility index (Phi) is 4.72. The number of aldehydes is 1. The summed E-state index contributed by atoms with van der Waals surface area (Å²) in [5, 5.41) is 0.231. The smallest absolute Gasteiger partial charge is 0.174 e. The van der Waals surface area contributed by atoms with Crippen LogP contribution in [0.3, 0.4) is 0 Å². The van der Waals surface area contributed by atoms with E-state index in [9.17, 15) is 9.59 Å². The number of alkyl halides is 1. The van der Waals surface area contributed by atoms with Crippen molar-refractivity contribution in [3.63, 3.8) is 0 Å². The van der Waals surface area contributed by atoms with Crippen molar-refractivity contribution in [1.29, 1.82) is 0 Å². The molecule has 0 aliphatic heterocycles. The number of methoxy groups -OCH3 is 1. The van der Waals surface area contributed by atoms with E-state index < -0.39 is 0 Å². The van der Waals surface area contributed by atoms with Gasteiger partial charge in [0, 0.05) is 11.1 Å². The van der Waals surface area contributed by atoms with E-state index >= 15 is 0 Å². The van der Waals surface area contributed by atoms with E-state index in [2.05, 4.69) is 15.9 Å². The second kappa shape index (κ2) is 5.60. The standard InChI is InChI=1S/C10H8BrIO3/c1-15-9-3-6(5-13)2-7(10(9)12)8(14)4-11/h2-3,5H,4H2,1H3. The van der Waals surface area contributed by atoms with Crippen molar-refractivity contribution < 1.29 is 14.3 Å². The monoisotopic (exact) mass is 382 g/mol. The molecule has 1 aromatic rings. The summed E-state index contributed by atoms with van der Waals surface area (Å²) in [5.74, 6) is 0.478. The fraction of sp³-hybridized carbons (Fsp3) is 0.200. The van der Waals surface area contributed by atoms with Crippen molar-refractivity contribution in [2.75, 3.05) is 12.4 Å². The second-order valence-corrected chi connectivity index (χ2v) is 4.40. The number of benzene rings is 1. The molecular formula is C10H8BrIO3. The average Bonchev–Trinajstić information content (AvgIpc) is 2.28. The third kappa shape index (κ3) is 2.78. The first-order valence-electron chi connectivity index (χ1n) is 4.06. The number of ketones is 1. The van der Waals surface area contributed by atoms with Gasteiger partial charge < -0.3 is 4.74 Å². The first kappa shape index (κ1) is 12.6. The van der Waals surface area contributed by atoms with Gasteiger partial charge in [0.15, 0.2) is 5.78 Å². The van der Waals surface area contributed by atoms with Gasteiger partial charge in [-0.3, -0.25) is 9.59 Å². The maximum Gasteiger partial charge on any atom is 0.174 e. The van der Waals surface area contributed by atoms with Crippen molar-refractivity contribution >= 4 is 50.6 Å². The summed E-state index contributed by atoms with van der Waals surface area (Å²) in [6.45, 7) is 0. The van der Waals surface area contributed by atoms with Crippen LogP contribution in [0.5, 0.6) is 5.75 Å². The summed E-state index contributed by atoms with van der Waals surface area (Å²) >= 11 is 5.13. The molecule has 0 N–H and O–H groups in total. The van der Waals surface area contributed by atoms with Gasteiger partial charge in [0.25, 0.3) is 0 Å². The van der Waals surface area contributed by atoms with Crippen molar-refractivity contribution in [2.24, 2.45) is 0 Å². The predicted molar refractivity (Wildman–Crippen MR) is 69.2 cm³/mol. The van der Waals surface area contributed by atoms with E-state index in [1.165, 1.54) is 7.11 Å².